The quantitative estimate of drug-likeness (QED) is 0.610. The second-order valence-electron chi connectivity index (χ2n) is 5.40. The molecule has 2 fully saturated rings. The molecule has 2 heterocycles. The van der Waals surface area contributed by atoms with E-state index in [-0.39, 0.29) is 0 Å². The van der Waals surface area contributed by atoms with Crippen LogP contribution in [0.15, 0.2) is 24.3 Å². The van der Waals surface area contributed by atoms with Crippen LogP contribution in [0.5, 0.6) is 0 Å². The minimum atomic E-state index is -1.90. The lowest BCUT2D eigenvalue weighted by molar-refractivity contribution is -0.648. The third-order valence-electron chi connectivity index (χ3n) is 3.65. The summed E-state index contributed by atoms with van der Waals surface area (Å²) < 4.78 is 2.35. The third-order valence-corrected chi connectivity index (χ3v) is 10.4. The van der Waals surface area contributed by atoms with Crippen molar-refractivity contribution in [3.05, 3.63) is 29.8 Å². The summed E-state index contributed by atoms with van der Waals surface area (Å²) in [6, 6.07) is 8.46. The highest BCUT2D eigenvalue weighted by Gasteiger charge is 2.18. The normalized spacial score (nSPS) is 22.3. The van der Waals surface area contributed by atoms with Crippen molar-refractivity contribution in [1.29, 1.82) is 0 Å². The Morgan fingerprint density at radius 2 is 1.59 bits per heavy atom. The number of rotatable bonds is 2. The van der Waals surface area contributed by atoms with Crippen LogP contribution in [0.2, 0.25) is 0 Å². The largest absolute Gasteiger partial charge is 0.727 e. The maximum Gasteiger partial charge on any atom is 0.0847 e. The predicted molar refractivity (Wildman–Crippen MR) is 110 cm³/mol. The van der Waals surface area contributed by atoms with Gasteiger partial charge in [0.1, 0.15) is 0 Å². The number of benzene rings is 1. The molecule has 1 aromatic rings. The maximum absolute atomic E-state index is 5.72. The van der Waals surface area contributed by atoms with E-state index >= 15 is 0 Å². The number of hydrogen-bond donors (Lipinski definition) is 1. The number of aryl methyl sites for hydroxylation is 1. The van der Waals surface area contributed by atoms with Crippen LogP contribution in [0, 0.1) is 6.92 Å². The molecule has 0 spiro atoms. The summed E-state index contributed by atoms with van der Waals surface area (Å²) in [7, 11) is 0. The van der Waals surface area contributed by atoms with Crippen molar-refractivity contribution in [2.24, 2.45) is 0 Å². The Morgan fingerprint density at radius 1 is 1.05 bits per heavy atom. The minimum absolute atomic E-state index is 1.05. The average Bonchev–Trinajstić information content (AvgIpc) is 2.58. The van der Waals surface area contributed by atoms with Crippen molar-refractivity contribution in [1.82, 2.24) is 4.67 Å². The Hall–Kier alpha value is 0.840. The average molecular weight is 393 g/mol. The third kappa shape index (κ3) is 6.04. The Balaban J connectivity index is 0.000000246. The van der Waals surface area contributed by atoms with Crippen molar-refractivity contribution in [2.45, 2.75) is 6.92 Å². The Morgan fingerprint density at radius 3 is 2.05 bits per heavy atom. The van der Waals surface area contributed by atoms with Crippen molar-refractivity contribution in [3.8, 4) is 0 Å². The van der Waals surface area contributed by atoms with Gasteiger partial charge in [0.2, 0.25) is 0 Å². The molecular formula is C15H25N2PS4. The molecule has 2 nitrogen and oxygen atoms in total. The van der Waals surface area contributed by atoms with Gasteiger partial charge in [0.15, 0.2) is 0 Å². The fraction of sp³-hybridized carbons (Fsp3) is 0.600. The number of thioether (sulfide) groups is 2. The number of nitrogens with two attached hydrogens (primary N) is 1. The van der Waals surface area contributed by atoms with Gasteiger partial charge in [-0.05, 0) is 12.2 Å². The monoisotopic (exact) mass is 392 g/mol. The highest BCUT2D eigenvalue weighted by molar-refractivity contribution is 8.56. The van der Waals surface area contributed by atoms with E-state index in [1.54, 1.807) is 0 Å². The molecule has 0 amide bonds. The molecule has 124 valence electrons. The fourth-order valence-corrected chi connectivity index (χ4v) is 7.63. The summed E-state index contributed by atoms with van der Waals surface area (Å²) in [5.74, 6) is 5.06. The van der Waals surface area contributed by atoms with Crippen LogP contribution in [-0.2, 0) is 24.1 Å². The second kappa shape index (κ2) is 9.97. The van der Waals surface area contributed by atoms with Gasteiger partial charge in [-0.1, -0.05) is 35.2 Å². The summed E-state index contributed by atoms with van der Waals surface area (Å²) >= 11 is 15.5. The molecule has 2 aliphatic heterocycles. The highest BCUT2D eigenvalue weighted by Crippen LogP contribution is 2.47. The first-order chi connectivity index (χ1) is 10.6. The van der Waals surface area contributed by atoms with Crippen molar-refractivity contribution >= 4 is 58.3 Å². The van der Waals surface area contributed by atoms with E-state index in [0.29, 0.717) is 0 Å². The van der Waals surface area contributed by atoms with E-state index < -0.39 is 5.39 Å². The molecule has 2 N–H and O–H groups in total. The minimum Gasteiger partial charge on any atom is -0.727 e. The lowest BCUT2D eigenvalue weighted by atomic mass is 10.2. The van der Waals surface area contributed by atoms with Gasteiger partial charge in [-0.3, -0.25) is 4.67 Å². The summed E-state index contributed by atoms with van der Waals surface area (Å²) in [5.41, 5.74) is 1.27. The molecule has 0 saturated carbocycles. The molecule has 0 aromatic heterocycles. The van der Waals surface area contributed by atoms with E-state index in [1.807, 2.05) is 11.8 Å². The molecule has 2 saturated heterocycles. The summed E-state index contributed by atoms with van der Waals surface area (Å²) in [4.78, 5) is 0. The molecule has 22 heavy (non-hydrogen) atoms. The van der Waals surface area contributed by atoms with Gasteiger partial charge in [0, 0.05) is 36.1 Å². The molecule has 1 unspecified atom stereocenters. The van der Waals surface area contributed by atoms with Gasteiger partial charge in [0.25, 0.3) is 0 Å². The molecule has 0 aliphatic carbocycles. The van der Waals surface area contributed by atoms with E-state index in [2.05, 4.69) is 52.9 Å². The van der Waals surface area contributed by atoms with Gasteiger partial charge in [-0.25, -0.2) is 0 Å². The molecule has 1 atom stereocenters. The van der Waals surface area contributed by atoms with Gasteiger partial charge >= 0.3 is 0 Å². The van der Waals surface area contributed by atoms with Gasteiger partial charge in [-0.15, -0.1) is 11.8 Å². The maximum atomic E-state index is 5.72. The first-order valence-electron chi connectivity index (χ1n) is 7.71. The van der Waals surface area contributed by atoms with E-state index in [9.17, 15) is 0 Å². The number of nitrogens with zero attached hydrogens (tertiary/aromatic N) is 1. The van der Waals surface area contributed by atoms with Crippen molar-refractivity contribution in [2.75, 3.05) is 49.2 Å². The van der Waals surface area contributed by atoms with Crippen LogP contribution in [0.1, 0.15) is 5.56 Å². The van der Waals surface area contributed by atoms with Crippen molar-refractivity contribution in [3.63, 3.8) is 0 Å². The first-order valence-corrected chi connectivity index (χ1v) is 13.8. The predicted octanol–water partition coefficient (Wildman–Crippen LogP) is 1.82. The SMILES string of the molecule is C1CSCC[NH2+]1.Cc1ccc(P(=S)([S-])N2CCSCC2)cc1. The fourth-order valence-electron chi connectivity index (χ4n) is 2.29. The second-order valence-corrected chi connectivity index (χ2v) is 13.8. The van der Waals surface area contributed by atoms with Gasteiger partial charge in [-0.2, -0.15) is 23.5 Å². The number of quaternary nitrogens is 1. The lowest BCUT2D eigenvalue weighted by Crippen LogP contribution is -2.86. The summed E-state index contributed by atoms with van der Waals surface area (Å²) in [6.07, 6.45) is 0. The standard InChI is InChI=1S/C11H16NPS3.C4H9NS/c1-10-2-4-11(5-3-10)13(14,15)12-6-8-16-9-7-12;1-3-6-4-2-5-1/h2-5H,6-9H2,1H3,(H,14,15);5H,1-4H2. The van der Waals surface area contributed by atoms with Crippen LogP contribution in [0.4, 0.5) is 0 Å². The van der Waals surface area contributed by atoms with E-state index in [0.717, 1.165) is 13.1 Å². The molecule has 0 bridgehead atoms. The molecule has 2 aliphatic rings. The topological polar surface area (TPSA) is 19.9 Å². The molecular weight excluding hydrogens is 367 g/mol. The van der Waals surface area contributed by atoms with Crippen LogP contribution in [0.3, 0.4) is 0 Å². The van der Waals surface area contributed by atoms with Crippen molar-refractivity contribution < 1.29 is 5.32 Å². The lowest BCUT2D eigenvalue weighted by Gasteiger charge is -2.43. The van der Waals surface area contributed by atoms with E-state index in [1.165, 1.54) is 47.0 Å². The zero-order chi connectivity index (χ0) is 15.8. The first kappa shape index (κ1) is 19.2. The molecule has 1 aromatic carbocycles. The van der Waals surface area contributed by atoms with Crippen LogP contribution in [0.25, 0.3) is 0 Å². The van der Waals surface area contributed by atoms with Crippen LogP contribution >= 0.6 is 28.9 Å². The Bertz CT molecular complexity index is 473. The zero-order valence-electron chi connectivity index (χ0n) is 13.1. The Labute approximate surface area is 153 Å². The zero-order valence-corrected chi connectivity index (χ0v) is 17.2. The van der Waals surface area contributed by atoms with E-state index in [4.69, 9.17) is 24.1 Å². The van der Waals surface area contributed by atoms with Crippen LogP contribution in [-0.4, -0.2) is 53.9 Å². The summed E-state index contributed by atoms with van der Waals surface area (Å²) in [6.45, 7) is 6.88. The molecule has 7 heteroatoms. The molecule has 3 rings (SSSR count). The van der Waals surface area contributed by atoms with Gasteiger partial charge in [0.05, 0.1) is 13.1 Å². The smallest absolute Gasteiger partial charge is 0.0847 e. The summed E-state index contributed by atoms with van der Waals surface area (Å²) in [5, 5.41) is 1.64. The highest BCUT2D eigenvalue weighted by atomic mass is 32.9. The Kier molecular flexibility index (Phi) is 8.69. The van der Waals surface area contributed by atoms with Gasteiger partial charge < -0.3 is 17.6 Å². The number of hydrogen-bond acceptors (Lipinski definition) is 4. The molecule has 0 radical (unpaired) electrons. The van der Waals surface area contributed by atoms with Crippen LogP contribution < -0.4 is 10.6 Å².